The van der Waals surface area contributed by atoms with Crippen LogP contribution in [0.3, 0.4) is 0 Å². The molecule has 1 unspecified atom stereocenters. The second-order valence-corrected chi connectivity index (χ2v) is 5.62. The lowest BCUT2D eigenvalue weighted by molar-refractivity contribution is -0.282. The maximum atomic E-state index is 9.40. The smallest absolute Gasteiger partial charge is 0.186 e. The number of hydrogen-bond donors (Lipinski definition) is 1. The van der Waals surface area contributed by atoms with E-state index >= 15 is 0 Å². The SMILES string of the molecule is CO[C@@H]1O[C@@]2(CC[C@H]2CO)[C@@H]2OC(C)(C)OC12. The van der Waals surface area contributed by atoms with Crippen molar-refractivity contribution in [3.63, 3.8) is 0 Å². The Morgan fingerprint density at radius 2 is 2.06 bits per heavy atom. The molecule has 0 amide bonds. The first kappa shape index (κ1) is 11.9. The van der Waals surface area contributed by atoms with E-state index in [1.807, 2.05) is 13.8 Å². The topological polar surface area (TPSA) is 57.2 Å². The highest BCUT2D eigenvalue weighted by atomic mass is 16.8. The first-order chi connectivity index (χ1) is 8.02. The fourth-order valence-corrected chi connectivity index (χ4v) is 3.31. The highest BCUT2D eigenvalue weighted by Gasteiger charge is 2.68. The van der Waals surface area contributed by atoms with E-state index in [0.717, 1.165) is 12.8 Å². The lowest BCUT2D eigenvalue weighted by Crippen LogP contribution is -2.57. The van der Waals surface area contributed by atoms with E-state index in [-0.39, 0.29) is 24.7 Å². The lowest BCUT2D eigenvalue weighted by Gasteiger charge is -2.48. The van der Waals surface area contributed by atoms with Crippen molar-refractivity contribution < 1.29 is 24.1 Å². The summed E-state index contributed by atoms with van der Waals surface area (Å²) in [6, 6.07) is 0. The number of ether oxygens (including phenoxy) is 4. The molecule has 0 radical (unpaired) electrons. The minimum Gasteiger partial charge on any atom is -0.396 e. The van der Waals surface area contributed by atoms with Crippen LogP contribution in [-0.4, -0.2) is 48.7 Å². The van der Waals surface area contributed by atoms with Crippen LogP contribution in [0.15, 0.2) is 0 Å². The average molecular weight is 244 g/mol. The van der Waals surface area contributed by atoms with Crippen LogP contribution in [0.4, 0.5) is 0 Å². The fourth-order valence-electron chi connectivity index (χ4n) is 3.31. The van der Waals surface area contributed by atoms with Crippen LogP contribution < -0.4 is 0 Å². The number of aliphatic hydroxyl groups excluding tert-OH is 1. The molecule has 1 N–H and O–H groups in total. The Balaban J connectivity index is 1.88. The molecule has 1 spiro atoms. The number of fused-ring (bicyclic) bond motifs is 2. The zero-order valence-corrected chi connectivity index (χ0v) is 10.5. The van der Waals surface area contributed by atoms with Gasteiger partial charge < -0.3 is 24.1 Å². The van der Waals surface area contributed by atoms with Gasteiger partial charge in [-0.2, -0.15) is 0 Å². The van der Waals surface area contributed by atoms with Crippen LogP contribution in [0.1, 0.15) is 26.7 Å². The molecule has 5 nitrogen and oxygen atoms in total. The molecule has 5 atom stereocenters. The Kier molecular flexibility index (Phi) is 2.55. The van der Waals surface area contributed by atoms with E-state index in [1.54, 1.807) is 7.11 Å². The monoisotopic (exact) mass is 244 g/mol. The highest BCUT2D eigenvalue weighted by Crippen LogP contribution is 2.55. The molecule has 3 aliphatic rings. The normalized spacial score (nSPS) is 51.5. The summed E-state index contributed by atoms with van der Waals surface area (Å²) in [6.45, 7) is 3.93. The molecular formula is C12H20O5. The molecular weight excluding hydrogens is 224 g/mol. The third-order valence-corrected chi connectivity index (χ3v) is 4.24. The molecule has 1 saturated carbocycles. The van der Waals surface area contributed by atoms with Gasteiger partial charge in [-0.3, -0.25) is 0 Å². The van der Waals surface area contributed by atoms with Crippen LogP contribution >= 0.6 is 0 Å². The van der Waals surface area contributed by atoms with Crippen molar-refractivity contribution in [3.05, 3.63) is 0 Å². The van der Waals surface area contributed by atoms with Crippen LogP contribution in [0.5, 0.6) is 0 Å². The maximum Gasteiger partial charge on any atom is 0.186 e. The standard InChI is InChI=1S/C12H20O5/c1-11(2)15-8-9(16-11)12(17-10(8)14-3)5-4-7(12)6-13/h7-10,13H,4-6H2,1-3H3/t7-,8?,9+,10+,12+/m0/s1. The van der Waals surface area contributed by atoms with Crippen molar-refractivity contribution in [2.45, 2.75) is 56.6 Å². The van der Waals surface area contributed by atoms with Gasteiger partial charge in [-0.05, 0) is 26.7 Å². The summed E-state index contributed by atoms with van der Waals surface area (Å²) >= 11 is 0. The van der Waals surface area contributed by atoms with E-state index in [4.69, 9.17) is 18.9 Å². The molecule has 2 heterocycles. The number of hydrogen-bond acceptors (Lipinski definition) is 5. The fraction of sp³-hybridized carbons (Fsp3) is 1.00. The zero-order chi connectivity index (χ0) is 12.3. The van der Waals surface area contributed by atoms with Gasteiger partial charge in [-0.15, -0.1) is 0 Å². The van der Waals surface area contributed by atoms with Gasteiger partial charge in [0.2, 0.25) is 0 Å². The molecule has 2 aliphatic heterocycles. The van der Waals surface area contributed by atoms with Crippen molar-refractivity contribution in [1.82, 2.24) is 0 Å². The highest BCUT2D eigenvalue weighted by molar-refractivity contribution is 5.13. The molecule has 1 aliphatic carbocycles. The largest absolute Gasteiger partial charge is 0.396 e. The van der Waals surface area contributed by atoms with Gasteiger partial charge in [0, 0.05) is 19.6 Å². The summed E-state index contributed by atoms with van der Waals surface area (Å²) in [6.07, 6.45) is 1.16. The molecule has 98 valence electrons. The Morgan fingerprint density at radius 1 is 1.29 bits per heavy atom. The number of aliphatic hydroxyl groups is 1. The summed E-state index contributed by atoms with van der Waals surface area (Å²) in [5, 5.41) is 9.40. The predicted octanol–water partition coefficient (Wildman–Crippen LogP) is 0.650. The summed E-state index contributed by atoms with van der Waals surface area (Å²) in [5.74, 6) is -0.467. The van der Waals surface area contributed by atoms with E-state index in [2.05, 4.69) is 0 Å². The number of methoxy groups -OCH3 is 1. The van der Waals surface area contributed by atoms with E-state index in [0.29, 0.717) is 0 Å². The summed E-state index contributed by atoms with van der Waals surface area (Å²) in [7, 11) is 1.61. The van der Waals surface area contributed by atoms with Gasteiger partial charge in [-0.1, -0.05) is 0 Å². The summed E-state index contributed by atoms with van der Waals surface area (Å²) < 4.78 is 23.1. The Morgan fingerprint density at radius 3 is 2.59 bits per heavy atom. The van der Waals surface area contributed by atoms with Crippen molar-refractivity contribution >= 4 is 0 Å². The maximum absolute atomic E-state index is 9.40. The van der Waals surface area contributed by atoms with E-state index in [9.17, 15) is 5.11 Å². The molecule has 0 aromatic rings. The van der Waals surface area contributed by atoms with Gasteiger partial charge in [-0.25, -0.2) is 0 Å². The van der Waals surface area contributed by atoms with Crippen molar-refractivity contribution in [2.24, 2.45) is 5.92 Å². The van der Waals surface area contributed by atoms with Crippen LogP contribution in [0.25, 0.3) is 0 Å². The second kappa shape index (κ2) is 3.65. The Hall–Kier alpha value is -0.200. The van der Waals surface area contributed by atoms with Crippen molar-refractivity contribution in [3.8, 4) is 0 Å². The summed E-state index contributed by atoms with van der Waals surface area (Å²) in [4.78, 5) is 0. The summed E-state index contributed by atoms with van der Waals surface area (Å²) in [5.41, 5.74) is -0.409. The minimum atomic E-state index is -0.599. The molecule has 0 aromatic heterocycles. The van der Waals surface area contributed by atoms with Gasteiger partial charge in [0.25, 0.3) is 0 Å². The van der Waals surface area contributed by atoms with Gasteiger partial charge in [0.15, 0.2) is 12.1 Å². The van der Waals surface area contributed by atoms with Crippen molar-refractivity contribution in [1.29, 1.82) is 0 Å². The minimum absolute atomic E-state index is 0.128. The molecule has 17 heavy (non-hydrogen) atoms. The third-order valence-electron chi connectivity index (χ3n) is 4.24. The molecule has 5 heteroatoms. The van der Waals surface area contributed by atoms with Crippen LogP contribution in [-0.2, 0) is 18.9 Å². The molecule has 2 saturated heterocycles. The first-order valence-electron chi connectivity index (χ1n) is 6.19. The van der Waals surface area contributed by atoms with Gasteiger partial charge >= 0.3 is 0 Å². The third kappa shape index (κ3) is 1.50. The van der Waals surface area contributed by atoms with Crippen molar-refractivity contribution in [2.75, 3.05) is 13.7 Å². The van der Waals surface area contributed by atoms with Gasteiger partial charge in [0.1, 0.15) is 17.8 Å². The predicted molar refractivity (Wildman–Crippen MR) is 58.2 cm³/mol. The van der Waals surface area contributed by atoms with E-state index in [1.165, 1.54) is 0 Å². The average Bonchev–Trinajstić information content (AvgIpc) is 2.69. The Labute approximate surface area is 101 Å². The van der Waals surface area contributed by atoms with Gasteiger partial charge in [0.05, 0.1) is 0 Å². The second-order valence-electron chi connectivity index (χ2n) is 5.62. The molecule has 3 rings (SSSR count). The van der Waals surface area contributed by atoms with Crippen LogP contribution in [0.2, 0.25) is 0 Å². The molecule has 0 bridgehead atoms. The molecule has 3 fully saturated rings. The quantitative estimate of drug-likeness (QED) is 0.773. The first-order valence-corrected chi connectivity index (χ1v) is 6.19. The lowest BCUT2D eigenvalue weighted by atomic mass is 9.66. The zero-order valence-electron chi connectivity index (χ0n) is 10.5. The van der Waals surface area contributed by atoms with E-state index < -0.39 is 17.7 Å². The molecule has 0 aromatic carbocycles. The number of rotatable bonds is 2. The van der Waals surface area contributed by atoms with Crippen LogP contribution in [0, 0.1) is 5.92 Å². The Bertz CT molecular complexity index is 316.